The predicted molar refractivity (Wildman–Crippen MR) is 289 cm³/mol. The molecule has 2 aromatic heterocycles. The van der Waals surface area contributed by atoms with Gasteiger partial charge in [0.25, 0.3) is 0 Å². The monoisotopic (exact) mass is 1080 g/mol. The van der Waals surface area contributed by atoms with Crippen molar-refractivity contribution in [3.05, 3.63) is 146 Å². The lowest BCUT2D eigenvalue weighted by atomic mass is 9.92. The Morgan fingerprint density at radius 3 is 1.15 bits per heavy atom. The minimum absolute atomic E-state index is 0. The maximum Gasteiger partial charge on any atom is 0.311 e. The van der Waals surface area contributed by atoms with Crippen molar-refractivity contribution in [1.29, 1.82) is 0 Å². The van der Waals surface area contributed by atoms with Crippen molar-refractivity contribution in [2.24, 2.45) is 0 Å². The zero-order valence-electron chi connectivity index (χ0n) is 40.2. The van der Waals surface area contributed by atoms with Crippen LogP contribution in [0.4, 0.5) is 0 Å². The van der Waals surface area contributed by atoms with Crippen LogP contribution in [0.1, 0.15) is 135 Å². The predicted octanol–water partition coefficient (Wildman–Crippen LogP) is 15.3. The van der Waals surface area contributed by atoms with Crippen LogP contribution in [0.3, 0.4) is 0 Å². The van der Waals surface area contributed by atoms with Crippen LogP contribution < -0.4 is 22.5 Å². The van der Waals surface area contributed by atoms with E-state index in [-0.39, 0.29) is 28.4 Å². The van der Waals surface area contributed by atoms with E-state index in [1.807, 2.05) is 0 Å². The first-order chi connectivity index (χ1) is 30.3. The van der Waals surface area contributed by atoms with Gasteiger partial charge in [-0.05, 0) is 110 Å². The van der Waals surface area contributed by atoms with Gasteiger partial charge in [-0.1, -0.05) is 138 Å². The number of rotatable bonds is 10. The van der Waals surface area contributed by atoms with Crippen molar-refractivity contribution in [3.8, 4) is 22.7 Å². The fraction of sp³-hybridized carbons (Fsp3) is 0.412. The highest BCUT2D eigenvalue weighted by molar-refractivity contribution is 8.33. The summed E-state index contributed by atoms with van der Waals surface area (Å²) >= 11 is 36.7. The molecule has 0 N–H and O–H groups in total. The number of hydrogen-bond acceptors (Lipinski definition) is 0. The van der Waals surface area contributed by atoms with Gasteiger partial charge in [-0.15, -0.1) is 69.6 Å². The average molecular weight is 1080 g/mol. The fourth-order valence-electron chi connectivity index (χ4n) is 8.55. The molecule has 0 aliphatic heterocycles. The van der Waals surface area contributed by atoms with Gasteiger partial charge in [0.05, 0.1) is 27.4 Å². The van der Waals surface area contributed by atoms with E-state index in [1.165, 1.54) is 83.6 Å². The van der Waals surface area contributed by atoms with Gasteiger partial charge in [-0.3, -0.25) is 9.13 Å². The Kier molecular flexibility index (Phi) is 25.7. The van der Waals surface area contributed by atoms with Crippen LogP contribution >= 0.6 is 95.7 Å². The van der Waals surface area contributed by atoms with Crippen molar-refractivity contribution in [2.75, 3.05) is 16.0 Å². The highest BCUT2D eigenvalue weighted by Gasteiger charge is 2.32. The Morgan fingerprint density at radius 1 is 0.508 bits per heavy atom. The third kappa shape index (κ3) is 14.7. The maximum absolute atomic E-state index is 8.13. The molecule has 356 valence electrons. The molecular weight excluding hydrogens is 1010 g/mol. The summed E-state index contributed by atoms with van der Waals surface area (Å²) in [7, 11) is 1.04. The minimum atomic E-state index is -1.33. The van der Waals surface area contributed by atoms with E-state index >= 15 is 0 Å². The minimum Gasteiger partial charge on any atom is -1.00 e. The van der Waals surface area contributed by atoms with E-state index in [0.717, 1.165) is 13.5 Å². The van der Waals surface area contributed by atoms with Gasteiger partial charge in [0.15, 0.2) is 12.2 Å². The highest BCUT2D eigenvalue weighted by Crippen LogP contribution is 2.55. The molecule has 0 radical (unpaired) electrons. The van der Waals surface area contributed by atoms with Crippen molar-refractivity contribution < 1.29 is 17.0 Å². The standard InChI is InChI=1S/C48H60ClN4P2.3CH2Cl2.ClH/c1-29(2)39-17-15-18-40(30(3)4)45(39)50-21-22-51(46-41(31(5)6)19-16-20-42(46)32(7)8)47(50)54-55(49)48-52(43-35(11)25-33(9)26-36(43)12)23-24-53(48)44-37(13)27-34(10)28-38(44)14;3*2-1-3;/h15-32H,1-14H3;3*1H2;1H/q+1;;;;/p-1. The molecule has 0 bridgehead atoms. The normalized spacial score (nSPS) is 11.5. The van der Waals surface area contributed by atoms with Gasteiger partial charge in [0, 0.05) is 20.3 Å². The number of alkyl halides is 6. The number of hydrogen-bond donors (Lipinski definition) is 0. The Bertz CT molecular complexity index is 2260. The Balaban J connectivity index is 0.00000134. The number of halogens is 8. The summed E-state index contributed by atoms with van der Waals surface area (Å²) in [6, 6.07) is 22.9. The van der Waals surface area contributed by atoms with E-state index in [4.69, 9.17) is 80.8 Å². The molecule has 0 aliphatic rings. The van der Waals surface area contributed by atoms with Crippen molar-refractivity contribution >= 4 is 101 Å². The Hall–Kier alpha value is -1.65. The number of para-hydroxylation sites is 2. The van der Waals surface area contributed by atoms with Gasteiger partial charge in [0.2, 0.25) is 0 Å². The summed E-state index contributed by atoms with van der Waals surface area (Å²) in [5.74, 6) is 1.39. The smallest absolute Gasteiger partial charge is 0.311 e. The largest absolute Gasteiger partial charge is 1.00 e. The Morgan fingerprint density at radius 2 is 0.831 bits per heavy atom. The molecule has 0 aliphatic carbocycles. The molecule has 0 spiro atoms. The molecule has 0 fully saturated rings. The van der Waals surface area contributed by atoms with E-state index in [0.29, 0.717) is 23.7 Å². The van der Waals surface area contributed by atoms with Gasteiger partial charge < -0.3 is 12.4 Å². The number of aromatic nitrogens is 4. The molecule has 14 heteroatoms. The van der Waals surface area contributed by atoms with E-state index < -0.39 is 6.96 Å². The first kappa shape index (κ1) is 59.5. The first-order valence-electron chi connectivity index (χ1n) is 21.5. The fourth-order valence-corrected chi connectivity index (χ4v) is 13.0. The number of benzene rings is 4. The van der Waals surface area contributed by atoms with Crippen LogP contribution in [0.5, 0.6) is 0 Å². The van der Waals surface area contributed by atoms with Crippen LogP contribution in [-0.2, 0) is 0 Å². The topological polar surface area (TPSA) is 18.7 Å². The number of imidazole rings is 2. The van der Waals surface area contributed by atoms with Crippen LogP contribution in [0.2, 0.25) is 0 Å². The number of aryl methyl sites for hydroxylation is 6. The summed E-state index contributed by atoms with van der Waals surface area (Å²) in [4.78, 5) is 0. The second-order valence-corrected chi connectivity index (χ2v) is 24.5. The van der Waals surface area contributed by atoms with Gasteiger partial charge in [-0.25, -0.2) is 0 Å². The van der Waals surface area contributed by atoms with Gasteiger partial charge >= 0.3 is 5.57 Å². The summed E-state index contributed by atoms with van der Waals surface area (Å²) in [5, 5.41) is 1.75. The van der Waals surface area contributed by atoms with Crippen molar-refractivity contribution in [3.63, 3.8) is 0 Å². The molecular formula is C51H66Cl8N4P2. The van der Waals surface area contributed by atoms with Crippen LogP contribution in [-0.4, -0.2) is 29.7 Å². The second kappa shape index (κ2) is 28.1. The van der Waals surface area contributed by atoms with E-state index in [1.54, 1.807) is 0 Å². The van der Waals surface area contributed by atoms with Crippen LogP contribution in [0.15, 0.2) is 85.5 Å². The number of nitrogens with zero attached hydrogens (tertiary/aromatic N) is 4. The van der Waals surface area contributed by atoms with E-state index in [2.05, 4.69) is 201 Å². The van der Waals surface area contributed by atoms with Crippen molar-refractivity contribution in [1.82, 2.24) is 13.7 Å². The lowest BCUT2D eigenvalue weighted by Crippen LogP contribution is -3.00. The van der Waals surface area contributed by atoms with E-state index in [9.17, 15) is 0 Å². The highest BCUT2D eigenvalue weighted by atomic mass is 35.7. The maximum atomic E-state index is 8.13. The quantitative estimate of drug-likeness (QED) is 0.0740. The summed E-state index contributed by atoms with van der Waals surface area (Å²) < 4.78 is 9.73. The zero-order chi connectivity index (χ0) is 48.2. The lowest BCUT2D eigenvalue weighted by Gasteiger charge is -2.23. The SMILES string of the molecule is Cc1cc(C)c(-n2cc[n+](-c3c(C)cc(C)cc3C)c2P(Cl)P=c2n(-c3c(C(C)C)cccc3C(C)C)ccn2-c2c(C(C)C)cccc2C(C)C)c(C)c1.ClCCl.ClCCl.ClCCl.[Cl-]. The molecule has 4 aromatic carbocycles. The summed E-state index contributed by atoms with van der Waals surface area (Å²) in [5.41, 5.74) is 19.0. The third-order valence-corrected chi connectivity index (χ3v) is 15.1. The molecule has 0 saturated heterocycles. The summed E-state index contributed by atoms with van der Waals surface area (Å²) in [6.45, 7) is 30.4. The lowest BCUT2D eigenvalue weighted by molar-refractivity contribution is -0.575. The molecule has 65 heavy (non-hydrogen) atoms. The molecule has 0 saturated carbocycles. The Labute approximate surface area is 434 Å². The average Bonchev–Trinajstić information content (AvgIpc) is 3.81. The molecule has 2 heterocycles. The molecule has 1 unspecified atom stereocenters. The molecule has 0 amide bonds. The zero-order valence-corrected chi connectivity index (χ0v) is 48.1. The molecule has 4 nitrogen and oxygen atoms in total. The molecule has 1 atom stereocenters. The second-order valence-electron chi connectivity index (χ2n) is 17.0. The van der Waals surface area contributed by atoms with Crippen molar-refractivity contribution in [2.45, 2.75) is 121 Å². The molecule has 6 rings (SSSR count). The third-order valence-electron chi connectivity index (χ3n) is 10.9. The van der Waals surface area contributed by atoms with Gasteiger partial charge in [0.1, 0.15) is 23.8 Å². The first-order valence-corrected chi connectivity index (χ1v) is 28.5. The summed E-state index contributed by atoms with van der Waals surface area (Å²) in [6.07, 6.45) is 9.06. The van der Waals surface area contributed by atoms with Gasteiger partial charge in [-0.2, -0.15) is 9.13 Å². The van der Waals surface area contributed by atoms with Crippen LogP contribution in [0, 0.1) is 46.7 Å². The molecule has 6 aromatic rings. The van der Waals surface area contributed by atoms with Crippen LogP contribution in [0.25, 0.3) is 22.7 Å².